The predicted molar refractivity (Wildman–Crippen MR) is 132 cm³/mol. The highest BCUT2D eigenvalue weighted by Crippen LogP contribution is 2.38. The zero-order valence-corrected chi connectivity index (χ0v) is 20.3. The van der Waals surface area contributed by atoms with Crippen molar-refractivity contribution >= 4 is 12.0 Å². The second-order valence-corrected chi connectivity index (χ2v) is 8.44. The molecule has 0 radical (unpaired) electrons. The number of likely N-dealkylation sites (tertiary alicyclic amines) is 1. The Morgan fingerprint density at radius 1 is 1.00 bits per heavy atom. The molecule has 0 bridgehead atoms. The average molecular weight is 453 g/mol. The van der Waals surface area contributed by atoms with Gasteiger partial charge in [-0.1, -0.05) is 42.0 Å². The maximum absolute atomic E-state index is 13.6. The Bertz CT molecular complexity index is 911. The summed E-state index contributed by atoms with van der Waals surface area (Å²) in [6.07, 6.45) is 5.62. The van der Waals surface area contributed by atoms with Crippen LogP contribution in [0.15, 0.2) is 48.0 Å². The Hall–Kier alpha value is -2.99. The first-order chi connectivity index (χ1) is 16.0. The summed E-state index contributed by atoms with van der Waals surface area (Å²) >= 11 is 0. The minimum Gasteiger partial charge on any atom is -0.493 e. The van der Waals surface area contributed by atoms with Crippen molar-refractivity contribution in [2.75, 3.05) is 54.1 Å². The number of benzene rings is 2. The molecule has 0 N–H and O–H groups in total. The number of hydrogen-bond donors (Lipinski definition) is 0. The van der Waals surface area contributed by atoms with Crippen molar-refractivity contribution < 1.29 is 19.0 Å². The summed E-state index contributed by atoms with van der Waals surface area (Å²) in [5, 5.41) is 0. The van der Waals surface area contributed by atoms with Crippen LogP contribution in [-0.2, 0) is 0 Å². The van der Waals surface area contributed by atoms with Gasteiger partial charge in [-0.15, -0.1) is 0 Å². The standard InChI is InChI=1S/C27H36N2O4/c1-21(17-22-11-6-5-7-12-22)20-29(16-10-15-28-13-8-9-14-28)27(30)23-18-24(31-2)26(33-4)25(19-23)32-3/h5-7,11-12,17-19H,8-10,13-16,20H2,1-4H3. The van der Waals surface area contributed by atoms with Gasteiger partial charge in [-0.05, 0) is 63.5 Å². The molecule has 0 saturated carbocycles. The zero-order valence-electron chi connectivity index (χ0n) is 20.3. The van der Waals surface area contributed by atoms with Gasteiger partial charge in [-0.3, -0.25) is 4.79 Å². The van der Waals surface area contributed by atoms with E-state index in [9.17, 15) is 4.79 Å². The Morgan fingerprint density at radius 3 is 2.21 bits per heavy atom. The van der Waals surface area contributed by atoms with Crippen LogP contribution < -0.4 is 14.2 Å². The molecular formula is C27H36N2O4. The van der Waals surface area contributed by atoms with E-state index < -0.39 is 0 Å². The third-order valence-corrected chi connectivity index (χ3v) is 5.95. The lowest BCUT2D eigenvalue weighted by atomic mass is 10.1. The van der Waals surface area contributed by atoms with E-state index in [1.54, 1.807) is 33.5 Å². The molecule has 0 unspecified atom stereocenters. The van der Waals surface area contributed by atoms with Gasteiger partial charge in [0, 0.05) is 18.7 Å². The number of amides is 1. The topological polar surface area (TPSA) is 51.2 Å². The first kappa shape index (κ1) is 24.6. The van der Waals surface area contributed by atoms with Crippen molar-refractivity contribution in [3.05, 3.63) is 59.2 Å². The summed E-state index contributed by atoms with van der Waals surface area (Å²) in [4.78, 5) is 18.0. The number of carbonyl (C=O) groups excluding carboxylic acids is 1. The predicted octanol–water partition coefficient (Wildman–Crippen LogP) is 4.74. The van der Waals surface area contributed by atoms with Crippen LogP contribution in [0.4, 0.5) is 0 Å². The van der Waals surface area contributed by atoms with Gasteiger partial charge in [-0.2, -0.15) is 0 Å². The van der Waals surface area contributed by atoms with E-state index in [1.165, 1.54) is 12.8 Å². The molecule has 1 aliphatic rings. The number of carbonyl (C=O) groups is 1. The molecule has 1 saturated heterocycles. The molecule has 1 fully saturated rings. The van der Waals surface area contributed by atoms with Crippen molar-refractivity contribution in [3.8, 4) is 17.2 Å². The lowest BCUT2D eigenvalue weighted by molar-refractivity contribution is 0.0763. The highest BCUT2D eigenvalue weighted by Gasteiger charge is 2.22. The largest absolute Gasteiger partial charge is 0.493 e. The van der Waals surface area contributed by atoms with E-state index in [4.69, 9.17) is 14.2 Å². The Morgan fingerprint density at radius 2 is 1.64 bits per heavy atom. The summed E-state index contributed by atoms with van der Waals surface area (Å²) in [6.45, 7) is 6.65. The SMILES string of the molecule is COc1cc(C(=O)N(CCCN2CCCC2)CC(C)=Cc2ccccc2)cc(OC)c1OC. The summed E-state index contributed by atoms with van der Waals surface area (Å²) < 4.78 is 16.3. The molecule has 178 valence electrons. The minimum absolute atomic E-state index is 0.0449. The van der Waals surface area contributed by atoms with E-state index in [1.807, 2.05) is 23.1 Å². The minimum atomic E-state index is -0.0449. The highest BCUT2D eigenvalue weighted by molar-refractivity contribution is 5.96. The van der Waals surface area contributed by atoms with Crippen molar-refractivity contribution in [1.82, 2.24) is 9.80 Å². The van der Waals surface area contributed by atoms with Gasteiger partial charge in [0.25, 0.3) is 5.91 Å². The van der Waals surface area contributed by atoms with Crippen LogP contribution in [0.5, 0.6) is 17.2 Å². The quantitative estimate of drug-likeness (QED) is 0.493. The van der Waals surface area contributed by atoms with E-state index in [-0.39, 0.29) is 5.91 Å². The molecule has 3 rings (SSSR count). The van der Waals surface area contributed by atoms with Crippen LogP contribution in [-0.4, -0.2) is 69.8 Å². The number of methoxy groups -OCH3 is 3. The number of ether oxygens (including phenoxy) is 3. The number of nitrogens with zero attached hydrogens (tertiary/aromatic N) is 2. The fourth-order valence-electron chi connectivity index (χ4n) is 4.31. The molecule has 1 aliphatic heterocycles. The van der Waals surface area contributed by atoms with Crippen molar-refractivity contribution in [2.24, 2.45) is 0 Å². The average Bonchev–Trinajstić information content (AvgIpc) is 3.36. The monoisotopic (exact) mass is 452 g/mol. The molecule has 0 aliphatic carbocycles. The maximum atomic E-state index is 13.6. The second kappa shape index (κ2) is 12.3. The van der Waals surface area contributed by atoms with E-state index in [2.05, 4.69) is 30.0 Å². The van der Waals surface area contributed by atoms with Crippen LogP contribution in [0.3, 0.4) is 0 Å². The molecule has 0 aromatic heterocycles. The summed E-state index contributed by atoms with van der Waals surface area (Å²) in [5.41, 5.74) is 2.79. The van der Waals surface area contributed by atoms with E-state index in [0.29, 0.717) is 35.9 Å². The summed E-state index contributed by atoms with van der Waals surface area (Å²) in [7, 11) is 4.68. The third kappa shape index (κ3) is 6.75. The molecule has 6 nitrogen and oxygen atoms in total. The fraction of sp³-hybridized carbons (Fsp3) is 0.444. The van der Waals surface area contributed by atoms with Crippen LogP contribution in [0, 0.1) is 0 Å². The van der Waals surface area contributed by atoms with Crippen LogP contribution >= 0.6 is 0 Å². The molecule has 1 amide bonds. The van der Waals surface area contributed by atoms with Gasteiger partial charge < -0.3 is 24.0 Å². The summed E-state index contributed by atoms with van der Waals surface area (Å²) in [6, 6.07) is 13.7. The fourth-order valence-corrected chi connectivity index (χ4v) is 4.31. The summed E-state index contributed by atoms with van der Waals surface area (Å²) in [5.74, 6) is 1.40. The van der Waals surface area contributed by atoms with Crippen molar-refractivity contribution in [1.29, 1.82) is 0 Å². The normalized spacial score (nSPS) is 14.2. The van der Waals surface area contributed by atoms with E-state index in [0.717, 1.165) is 37.2 Å². The first-order valence-corrected chi connectivity index (χ1v) is 11.6. The Balaban J connectivity index is 1.82. The highest BCUT2D eigenvalue weighted by atomic mass is 16.5. The van der Waals surface area contributed by atoms with Crippen LogP contribution in [0.1, 0.15) is 42.1 Å². The molecule has 33 heavy (non-hydrogen) atoms. The third-order valence-electron chi connectivity index (χ3n) is 5.95. The van der Waals surface area contributed by atoms with Crippen molar-refractivity contribution in [3.63, 3.8) is 0 Å². The number of hydrogen-bond acceptors (Lipinski definition) is 5. The van der Waals surface area contributed by atoms with Gasteiger partial charge in [0.1, 0.15) is 0 Å². The molecule has 0 spiro atoms. The molecule has 0 atom stereocenters. The maximum Gasteiger partial charge on any atom is 0.254 e. The molecule has 2 aromatic carbocycles. The zero-order chi connectivity index (χ0) is 23.6. The molecule has 6 heteroatoms. The smallest absolute Gasteiger partial charge is 0.254 e. The molecule has 1 heterocycles. The van der Waals surface area contributed by atoms with Gasteiger partial charge in [0.05, 0.1) is 21.3 Å². The van der Waals surface area contributed by atoms with Gasteiger partial charge in [0.2, 0.25) is 5.75 Å². The van der Waals surface area contributed by atoms with Gasteiger partial charge in [-0.25, -0.2) is 0 Å². The number of rotatable bonds is 11. The second-order valence-electron chi connectivity index (χ2n) is 8.44. The molecular weight excluding hydrogens is 416 g/mol. The van der Waals surface area contributed by atoms with Crippen LogP contribution in [0.25, 0.3) is 6.08 Å². The lowest BCUT2D eigenvalue weighted by Gasteiger charge is -2.25. The Labute approximate surface area is 197 Å². The van der Waals surface area contributed by atoms with Gasteiger partial charge >= 0.3 is 0 Å². The lowest BCUT2D eigenvalue weighted by Crippen LogP contribution is -2.35. The van der Waals surface area contributed by atoms with Crippen LogP contribution in [0.2, 0.25) is 0 Å². The van der Waals surface area contributed by atoms with E-state index >= 15 is 0 Å². The van der Waals surface area contributed by atoms with Gasteiger partial charge in [0.15, 0.2) is 11.5 Å². The first-order valence-electron chi connectivity index (χ1n) is 11.6. The van der Waals surface area contributed by atoms with Crippen molar-refractivity contribution in [2.45, 2.75) is 26.2 Å². The Kier molecular flexibility index (Phi) is 9.19. The molecule has 2 aromatic rings.